The van der Waals surface area contributed by atoms with E-state index in [9.17, 15) is 9.59 Å². The topological polar surface area (TPSA) is 71.1 Å². The molecule has 0 saturated heterocycles. The van der Waals surface area contributed by atoms with Gasteiger partial charge in [-0.25, -0.2) is 9.59 Å². The predicted octanol–water partition coefficient (Wildman–Crippen LogP) is 3.42. The van der Waals surface area contributed by atoms with E-state index in [4.69, 9.17) is 18.9 Å². The van der Waals surface area contributed by atoms with Crippen LogP contribution >= 0.6 is 0 Å². The molecule has 0 aromatic heterocycles. The third kappa shape index (κ3) is 6.53. The third-order valence-electron chi connectivity index (χ3n) is 4.36. The van der Waals surface area contributed by atoms with Gasteiger partial charge in [0, 0.05) is 17.1 Å². The van der Waals surface area contributed by atoms with Crippen LogP contribution in [-0.4, -0.2) is 44.5 Å². The Morgan fingerprint density at radius 1 is 1.04 bits per heavy atom. The largest absolute Gasteiger partial charge is 0.494 e. The molecule has 2 aliphatic carbocycles. The summed E-state index contributed by atoms with van der Waals surface area (Å²) in [6.45, 7) is 11.3. The maximum Gasteiger partial charge on any atom is 0.333 e. The molecule has 2 atom stereocenters. The first-order valence-electron chi connectivity index (χ1n) is 9.36. The summed E-state index contributed by atoms with van der Waals surface area (Å²) in [5.41, 5.74) is 1.94. The van der Waals surface area contributed by atoms with E-state index in [1.165, 1.54) is 5.57 Å². The highest BCUT2D eigenvalue weighted by Crippen LogP contribution is 2.36. The number of esters is 2. The first-order chi connectivity index (χ1) is 13.4. The minimum atomic E-state index is -0.416. The first-order valence-corrected chi connectivity index (χ1v) is 9.36. The van der Waals surface area contributed by atoms with Crippen molar-refractivity contribution in [2.24, 2.45) is 5.92 Å². The molecule has 0 aliphatic heterocycles. The van der Waals surface area contributed by atoms with Crippen LogP contribution in [-0.2, 0) is 28.5 Å². The van der Waals surface area contributed by atoms with E-state index in [1.54, 1.807) is 13.8 Å². The Morgan fingerprint density at radius 2 is 1.68 bits per heavy atom. The average molecular weight is 388 g/mol. The van der Waals surface area contributed by atoms with Crippen LogP contribution in [0.25, 0.3) is 0 Å². The van der Waals surface area contributed by atoms with Crippen molar-refractivity contribution >= 4 is 11.9 Å². The van der Waals surface area contributed by atoms with Gasteiger partial charge in [0.15, 0.2) is 0 Å². The number of allylic oxidation sites excluding steroid dienone is 4. The van der Waals surface area contributed by atoms with Crippen LogP contribution in [0.1, 0.15) is 26.7 Å². The van der Waals surface area contributed by atoms with Crippen molar-refractivity contribution in [3.05, 3.63) is 59.9 Å². The molecule has 2 aliphatic rings. The summed E-state index contributed by atoms with van der Waals surface area (Å²) >= 11 is 0. The Hall–Kier alpha value is -2.60. The Kier molecular flexibility index (Phi) is 8.26. The van der Waals surface area contributed by atoms with Crippen LogP contribution < -0.4 is 0 Å². The fraction of sp³-hybridized carbons (Fsp3) is 0.455. The first kappa shape index (κ1) is 21.7. The van der Waals surface area contributed by atoms with Crippen molar-refractivity contribution in [3.8, 4) is 0 Å². The Labute approximate surface area is 166 Å². The molecule has 152 valence electrons. The summed E-state index contributed by atoms with van der Waals surface area (Å²) in [4.78, 5) is 22.8. The molecule has 0 heterocycles. The number of carbonyl (C=O) groups excluding carboxylic acids is 2. The quantitative estimate of drug-likeness (QED) is 0.324. The van der Waals surface area contributed by atoms with E-state index in [-0.39, 0.29) is 31.8 Å². The van der Waals surface area contributed by atoms with Crippen molar-refractivity contribution in [1.29, 1.82) is 0 Å². The molecular formula is C22H28O6. The van der Waals surface area contributed by atoms with Gasteiger partial charge in [-0.15, -0.1) is 0 Å². The smallest absolute Gasteiger partial charge is 0.333 e. The molecule has 0 N–H and O–H groups in total. The Bertz CT molecular complexity index is 713. The van der Waals surface area contributed by atoms with Gasteiger partial charge in [0.25, 0.3) is 0 Å². The molecule has 0 bridgehead atoms. The van der Waals surface area contributed by atoms with Gasteiger partial charge in [-0.3, -0.25) is 0 Å². The SMILES string of the molecule is C=C(C)C(=O)OCCOC1=CC=CC2=CCC(OCCOC(=O)C(=C)C)CC21. The highest BCUT2D eigenvalue weighted by Gasteiger charge is 2.29. The molecule has 2 unspecified atom stereocenters. The van der Waals surface area contributed by atoms with Crippen LogP contribution in [0.5, 0.6) is 0 Å². The summed E-state index contributed by atoms with van der Waals surface area (Å²) in [6.07, 6.45) is 9.71. The molecule has 0 saturated carbocycles. The van der Waals surface area contributed by atoms with Gasteiger partial charge in [0.1, 0.15) is 25.6 Å². The molecule has 0 amide bonds. The van der Waals surface area contributed by atoms with Crippen LogP contribution in [0.2, 0.25) is 0 Å². The normalized spacial score (nSPS) is 20.4. The van der Waals surface area contributed by atoms with Crippen LogP contribution in [0, 0.1) is 5.92 Å². The van der Waals surface area contributed by atoms with Gasteiger partial charge < -0.3 is 18.9 Å². The minimum Gasteiger partial charge on any atom is -0.494 e. The number of ether oxygens (including phenoxy) is 4. The molecule has 6 heteroatoms. The molecule has 28 heavy (non-hydrogen) atoms. The summed E-state index contributed by atoms with van der Waals surface area (Å²) < 4.78 is 21.8. The number of fused-ring (bicyclic) bond motifs is 1. The lowest BCUT2D eigenvalue weighted by Crippen LogP contribution is -2.27. The summed E-state index contributed by atoms with van der Waals surface area (Å²) in [7, 11) is 0. The highest BCUT2D eigenvalue weighted by atomic mass is 16.6. The number of carbonyl (C=O) groups is 2. The Balaban J connectivity index is 1.77. The maximum atomic E-state index is 11.4. The molecule has 0 aromatic carbocycles. The molecular weight excluding hydrogens is 360 g/mol. The second kappa shape index (κ2) is 10.7. The number of hydrogen-bond acceptors (Lipinski definition) is 6. The van der Waals surface area contributed by atoms with Crippen molar-refractivity contribution in [1.82, 2.24) is 0 Å². The Morgan fingerprint density at radius 3 is 2.32 bits per heavy atom. The predicted molar refractivity (Wildman–Crippen MR) is 105 cm³/mol. The maximum absolute atomic E-state index is 11.4. The molecule has 6 nitrogen and oxygen atoms in total. The van der Waals surface area contributed by atoms with Crippen LogP contribution in [0.3, 0.4) is 0 Å². The second-order valence-electron chi connectivity index (χ2n) is 6.83. The van der Waals surface area contributed by atoms with Gasteiger partial charge >= 0.3 is 11.9 Å². The summed E-state index contributed by atoms with van der Waals surface area (Å²) in [5, 5.41) is 0. The van der Waals surface area contributed by atoms with E-state index in [2.05, 4.69) is 25.3 Å². The van der Waals surface area contributed by atoms with Crippen LogP contribution in [0.4, 0.5) is 0 Å². The third-order valence-corrected chi connectivity index (χ3v) is 4.36. The van der Waals surface area contributed by atoms with E-state index in [0.29, 0.717) is 17.8 Å². The lowest BCUT2D eigenvalue weighted by Gasteiger charge is -2.31. The monoisotopic (exact) mass is 388 g/mol. The van der Waals surface area contributed by atoms with Crippen molar-refractivity contribution in [2.45, 2.75) is 32.8 Å². The lowest BCUT2D eigenvalue weighted by atomic mass is 9.82. The molecule has 0 spiro atoms. The molecule has 0 aromatic rings. The van der Waals surface area contributed by atoms with E-state index < -0.39 is 11.9 Å². The minimum absolute atomic E-state index is 0.0250. The second-order valence-corrected chi connectivity index (χ2v) is 6.83. The average Bonchev–Trinajstić information content (AvgIpc) is 2.68. The van der Waals surface area contributed by atoms with E-state index in [1.807, 2.05) is 12.2 Å². The van der Waals surface area contributed by atoms with Crippen molar-refractivity contribution < 1.29 is 28.5 Å². The number of rotatable bonds is 10. The highest BCUT2D eigenvalue weighted by molar-refractivity contribution is 5.87. The zero-order valence-electron chi connectivity index (χ0n) is 16.6. The molecule has 0 fully saturated rings. The standard InChI is InChI=1S/C22H28O6/c1-15(2)21(23)27-12-10-25-18-9-8-17-6-5-7-20(19(17)14-18)26-11-13-28-22(24)16(3)4/h5-8,18-19H,1,3,9-14H2,2,4H3. The molecule has 0 radical (unpaired) electrons. The van der Waals surface area contributed by atoms with E-state index in [0.717, 1.165) is 18.6 Å². The van der Waals surface area contributed by atoms with Crippen LogP contribution in [0.15, 0.2) is 59.9 Å². The van der Waals surface area contributed by atoms with Gasteiger partial charge in [0.05, 0.1) is 12.7 Å². The fourth-order valence-corrected chi connectivity index (χ4v) is 2.91. The summed E-state index contributed by atoms with van der Waals surface area (Å²) in [6, 6.07) is 0. The lowest BCUT2D eigenvalue weighted by molar-refractivity contribution is -0.141. The summed E-state index contributed by atoms with van der Waals surface area (Å²) in [5.74, 6) is 0.124. The van der Waals surface area contributed by atoms with Gasteiger partial charge in [-0.05, 0) is 38.3 Å². The van der Waals surface area contributed by atoms with Gasteiger partial charge in [0.2, 0.25) is 0 Å². The van der Waals surface area contributed by atoms with E-state index >= 15 is 0 Å². The fourth-order valence-electron chi connectivity index (χ4n) is 2.91. The van der Waals surface area contributed by atoms with Crippen molar-refractivity contribution in [3.63, 3.8) is 0 Å². The van der Waals surface area contributed by atoms with Crippen molar-refractivity contribution in [2.75, 3.05) is 26.4 Å². The van der Waals surface area contributed by atoms with Gasteiger partial charge in [-0.1, -0.05) is 31.4 Å². The number of hydrogen-bond donors (Lipinski definition) is 0. The molecule has 2 rings (SSSR count). The zero-order chi connectivity index (χ0) is 20.5. The zero-order valence-corrected chi connectivity index (χ0v) is 16.6. The van der Waals surface area contributed by atoms with Gasteiger partial charge in [-0.2, -0.15) is 0 Å².